The van der Waals surface area contributed by atoms with E-state index in [1.165, 1.54) is 37.1 Å². The van der Waals surface area contributed by atoms with E-state index in [4.69, 9.17) is 21.5 Å². The number of likely N-dealkylation sites (N-methyl/N-ethyl adjacent to an activating group) is 1. The molecule has 4 aromatic rings. The summed E-state index contributed by atoms with van der Waals surface area (Å²) < 4.78 is 21.6. The highest BCUT2D eigenvalue weighted by atomic mass is 19.1. The largest absolute Gasteiger partial charge is 0.504 e. The lowest BCUT2D eigenvalue weighted by Crippen LogP contribution is -2.46. The summed E-state index contributed by atoms with van der Waals surface area (Å²) in [6, 6.07) is 14.4. The first-order valence-corrected chi connectivity index (χ1v) is 21.5. The van der Waals surface area contributed by atoms with Crippen LogP contribution in [0.15, 0.2) is 54.6 Å². The molecule has 3 aromatic carbocycles. The van der Waals surface area contributed by atoms with Gasteiger partial charge < -0.3 is 31.5 Å². The summed E-state index contributed by atoms with van der Waals surface area (Å²) in [7, 11) is 1.42. The third-order valence-corrected chi connectivity index (χ3v) is 11.6. The maximum absolute atomic E-state index is 15.6. The molecule has 14 nitrogen and oxygen atoms in total. The van der Waals surface area contributed by atoms with Gasteiger partial charge >= 0.3 is 0 Å². The number of hydrogen-bond acceptors (Lipinski definition) is 12. The first-order chi connectivity index (χ1) is 30.3. The quantitative estimate of drug-likeness (QED) is 0.105. The topological polar surface area (TPSA) is 232 Å². The van der Waals surface area contributed by atoms with Crippen LogP contribution in [0.3, 0.4) is 0 Å². The molecule has 2 amide bonds. The maximum Gasteiger partial charge on any atom is 0.226 e. The SMILES string of the molecule is Cc1nc(-c2ccc(C(C)(C)C)cc2)nc(C)c1C(=O)C[C@@H](CCN)C(=O)N(C)[C@@H]1C(=O)C[C@@H](C)C(=O)N[C@H](C(=O)CCC#N)Cc2cc(F)c(O)c(c2)-c2cc1ccc2OCCN. The highest BCUT2D eigenvalue weighted by Gasteiger charge is 2.37. The number of aromatic hydroxyl groups is 1. The fourth-order valence-electron chi connectivity index (χ4n) is 8.10. The number of ketones is 3. The van der Waals surface area contributed by atoms with Crippen LogP contribution in [0.1, 0.15) is 104 Å². The number of ether oxygens (including phenoxy) is 1. The van der Waals surface area contributed by atoms with Crippen LogP contribution in [0, 0.1) is 42.8 Å². The molecule has 2 heterocycles. The molecule has 0 saturated carbocycles. The van der Waals surface area contributed by atoms with Crippen LogP contribution >= 0.6 is 0 Å². The van der Waals surface area contributed by atoms with Gasteiger partial charge in [0.15, 0.2) is 34.7 Å². The van der Waals surface area contributed by atoms with Gasteiger partial charge in [0.25, 0.3) is 0 Å². The predicted molar refractivity (Wildman–Crippen MR) is 240 cm³/mol. The Labute approximate surface area is 373 Å². The van der Waals surface area contributed by atoms with Crippen molar-refractivity contribution >= 4 is 29.2 Å². The van der Waals surface area contributed by atoms with Crippen molar-refractivity contribution in [3.63, 3.8) is 0 Å². The van der Waals surface area contributed by atoms with Gasteiger partial charge in [-0.25, -0.2) is 14.4 Å². The first kappa shape index (κ1) is 48.7. The van der Waals surface area contributed by atoms with Gasteiger partial charge in [0.2, 0.25) is 11.8 Å². The van der Waals surface area contributed by atoms with Gasteiger partial charge in [-0.15, -0.1) is 0 Å². The molecule has 5 rings (SSSR count). The lowest BCUT2D eigenvalue weighted by Gasteiger charge is -2.32. The third-order valence-electron chi connectivity index (χ3n) is 11.6. The van der Waals surface area contributed by atoms with Crippen LogP contribution in [0.2, 0.25) is 0 Å². The zero-order valence-corrected chi connectivity index (χ0v) is 37.6. The Bertz CT molecular complexity index is 2440. The van der Waals surface area contributed by atoms with Gasteiger partial charge in [0.1, 0.15) is 18.4 Å². The van der Waals surface area contributed by atoms with E-state index in [0.29, 0.717) is 17.2 Å². The Balaban J connectivity index is 1.55. The molecule has 0 unspecified atom stereocenters. The molecule has 0 radical (unpaired) electrons. The van der Waals surface area contributed by atoms with Crippen LogP contribution in [0.25, 0.3) is 22.5 Å². The number of aromatic nitrogens is 2. The zero-order chi connectivity index (χ0) is 47.0. The standard InChI is InChI=1S/C49H58FN7O7/c1-27-21-41(60)44(57(7)48(63)33(16-18-52)26-40(59)43-28(2)54-46(55-29(43)3)31-10-13-34(14-11-31)49(4,5)6)32-12-15-42(64-20-19-53)35(25-32)36-22-30(23-37(50)45(36)61)24-38(56-47(27)62)39(58)9-8-17-51/h10-15,22-23,25,27,33,38,44,61H,8-9,16,18-21,24,26,52-53H2,1-7H3,(H,56,62)/t27-,33-,38+,44+/m1/s1. The number of halogens is 1. The number of hydrogen-bond donors (Lipinski definition) is 4. The van der Waals surface area contributed by atoms with E-state index < -0.39 is 58.9 Å². The minimum absolute atomic E-state index is 0.0398. The predicted octanol–water partition coefficient (Wildman–Crippen LogP) is 6.15. The van der Waals surface area contributed by atoms with E-state index in [1.54, 1.807) is 19.9 Å². The Kier molecular flexibility index (Phi) is 15.9. The van der Waals surface area contributed by atoms with Crippen molar-refractivity contribution in [2.75, 3.05) is 26.7 Å². The second-order valence-corrected chi connectivity index (χ2v) is 17.5. The molecule has 0 fully saturated rings. The lowest BCUT2D eigenvalue weighted by molar-refractivity contribution is -0.142. The summed E-state index contributed by atoms with van der Waals surface area (Å²) >= 11 is 0. The summed E-state index contributed by atoms with van der Waals surface area (Å²) in [6.45, 7) is 11.5. The highest BCUT2D eigenvalue weighted by molar-refractivity contribution is 6.01. The van der Waals surface area contributed by atoms with E-state index in [9.17, 15) is 29.1 Å². The smallest absolute Gasteiger partial charge is 0.226 e. The minimum atomic E-state index is -1.36. The highest BCUT2D eigenvalue weighted by Crippen LogP contribution is 2.41. The molecule has 4 atom stereocenters. The summed E-state index contributed by atoms with van der Waals surface area (Å²) in [5, 5.41) is 23.0. The molecule has 0 spiro atoms. The van der Waals surface area contributed by atoms with Crippen molar-refractivity contribution in [1.29, 1.82) is 5.26 Å². The van der Waals surface area contributed by atoms with E-state index in [2.05, 4.69) is 36.1 Å². The minimum Gasteiger partial charge on any atom is -0.504 e. The van der Waals surface area contributed by atoms with Crippen molar-refractivity contribution < 1.29 is 38.2 Å². The van der Waals surface area contributed by atoms with E-state index in [1.807, 2.05) is 30.3 Å². The molecule has 1 aliphatic heterocycles. The Morgan fingerprint density at radius 2 is 1.67 bits per heavy atom. The summed E-state index contributed by atoms with van der Waals surface area (Å²) in [4.78, 5) is 81.0. The second kappa shape index (κ2) is 20.9. The molecule has 0 saturated heterocycles. The number of amides is 2. The number of benzene rings is 3. The average molecular weight is 876 g/mol. The number of nitrogens with one attached hydrogen (secondary N) is 1. The molecule has 1 aliphatic rings. The molecule has 0 aliphatic carbocycles. The number of nitrogens with zero attached hydrogens (tertiary/aromatic N) is 4. The van der Waals surface area contributed by atoms with E-state index in [0.717, 1.165) is 17.2 Å². The molecule has 4 bridgehead atoms. The molecule has 338 valence electrons. The summed E-state index contributed by atoms with van der Waals surface area (Å²) in [5.74, 6) is -5.76. The number of carbonyl (C=O) groups excluding carboxylic acids is 5. The maximum atomic E-state index is 15.6. The van der Waals surface area contributed by atoms with Crippen molar-refractivity contribution in [3.8, 4) is 40.1 Å². The Morgan fingerprint density at radius 1 is 1.00 bits per heavy atom. The summed E-state index contributed by atoms with van der Waals surface area (Å²) in [6.07, 6.45) is -1.05. The normalized spacial score (nSPS) is 17.1. The first-order valence-electron chi connectivity index (χ1n) is 21.5. The van der Waals surface area contributed by atoms with Crippen LogP contribution < -0.4 is 21.5 Å². The number of nitriles is 1. The second-order valence-electron chi connectivity index (χ2n) is 17.5. The van der Waals surface area contributed by atoms with Gasteiger partial charge in [-0.2, -0.15) is 5.26 Å². The van der Waals surface area contributed by atoms with Crippen LogP contribution in [-0.4, -0.2) is 81.9 Å². The Morgan fingerprint density at radius 3 is 2.28 bits per heavy atom. The molecule has 64 heavy (non-hydrogen) atoms. The van der Waals surface area contributed by atoms with Gasteiger partial charge in [-0.3, -0.25) is 24.0 Å². The van der Waals surface area contributed by atoms with Crippen molar-refractivity contribution in [3.05, 3.63) is 94.1 Å². The molecular formula is C49H58FN7O7. The van der Waals surface area contributed by atoms with Gasteiger partial charge in [0, 0.05) is 67.8 Å². The van der Waals surface area contributed by atoms with Crippen molar-refractivity contribution in [2.24, 2.45) is 23.3 Å². The number of fused-ring (bicyclic) bond motifs is 5. The van der Waals surface area contributed by atoms with Crippen LogP contribution in [0.5, 0.6) is 11.5 Å². The number of phenolic OH excluding ortho intramolecular Hbond substituents is 1. The van der Waals surface area contributed by atoms with Crippen LogP contribution in [0.4, 0.5) is 4.39 Å². The van der Waals surface area contributed by atoms with Gasteiger partial charge in [0.05, 0.1) is 29.1 Å². The molecule has 1 aromatic heterocycles. The number of nitrogens with two attached hydrogens (primary N) is 2. The number of phenols is 1. The number of carbonyl (C=O) groups is 5. The lowest BCUT2D eigenvalue weighted by atomic mass is 9.86. The zero-order valence-electron chi connectivity index (χ0n) is 37.6. The average Bonchev–Trinajstić information content (AvgIpc) is 3.24. The number of Topliss-reactive ketones (excluding diaryl/α,β-unsaturated/α-hetero) is 3. The third kappa shape index (κ3) is 11.2. The summed E-state index contributed by atoms with van der Waals surface area (Å²) in [5.41, 5.74) is 15.5. The van der Waals surface area contributed by atoms with Crippen molar-refractivity contribution in [2.45, 2.75) is 97.6 Å². The number of rotatable bonds is 14. The number of aryl methyl sites for hydroxylation is 2. The monoisotopic (exact) mass is 875 g/mol. The molecule has 15 heteroatoms. The molecular weight excluding hydrogens is 818 g/mol. The van der Waals surface area contributed by atoms with Crippen molar-refractivity contribution in [1.82, 2.24) is 20.2 Å². The van der Waals surface area contributed by atoms with Crippen LogP contribution in [-0.2, 0) is 31.0 Å². The fourth-order valence-corrected chi connectivity index (χ4v) is 8.10. The fraction of sp³-hybridized carbons (Fsp3) is 0.429. The molecule has 6 N–H and O–H groups in total. The van der Waals surface area contributed by atoms with Gasteiger partial charge in [-0.1, -0.05) is 58.0 Å². The van der Waals surface area contributed by atoms with Gasteiger partial charge in [-0.05, 0) is 79.6 Å². The van der Waals surface area contributed by atoms with E-state index >= 15 is 4.39 Å². The Hall–Kier alpha value is -6.37. The van der Waals surface area contributed by atoms with E-state index in [-0.39, 0.29) is 103 Å².